The summed E-state index contributed by atoms with van der Waals surface area (Å²) in [6.45, 7) is 0.578. The van der Waals surface area contributed by atoms with E-state index in [4.69, 9.17) is 0 Å². The molecule has 2 heterocycles. The highest BCUT2D eigenvalue weighted by molar-refractivity contribution is 5.74. The van der Waals surface area contributed by atoms with Crippen LogP contribution < -0.4 is 0 Å². The molecule has 0 radical (unpaired) electrons. The SMILES string of the molecule is O=C(O)C1CC(O)CN1Cc1nnnn1-c1ccccc1. The van der Waals surface area contributed by atoms with Gasteiger partial charge in [-0.3, -0.25) is 9.69 Å². The van der Waals surface area contributed by atoms with E-state index in [0.29, 0.717) is 12.4 Å². The smallest absolute Gasteiger partial charge is 0.321 e. The molecule has 1 aromatic carbocycles. The Balaban J connectivity index is 1.83. The van der Waals surface area contributed by atoms with Crippen LogP contribution in [0.3, 0.4) is 0 Å². The third kappa shape index (κ3) is 2.76. The summed E-state index contributed by atoms with van der Waals surface area (Å²) in [7, 11) is 0. The van der Waals surface area contributed by atoms with E-state index in [9.17, 15) is 15.0 Å². The third-order valence-corrected chi connectivity index (χ3v) is 3.55. The molecule has 8 nitrogen and oxygen atoms in total. The molecule has 2 aromatic rings. The van der Waals surface area contributed by atoms with Gasteiger partial charge >= 0.3 is 5.97 Å². The summed E-state index contributed by atoms with van der Waals surface area (Å²) >= 11 is 0. The van der Waals surface area contributed by atoms with E-state index < -0.39 is 18.1 Å². The molecule has 1 fully saturated rings. The van der Waals surface area contributed by atoms with E-state index in [1.54, 1.807) is 9.58 Å². The maximum absolute atomic E-state index is 11.2. The number of hydrogen-bond acceptors (Lipinski definition) is 6. The van der Waals surface area contributed by atoms with Crippen LogP contribution in [0.2, 0.25) is 0 Å². The van der Waals surface area contributed by atoms with Crippen LogP contribution in [0.4, 0.5) is 0 Å². The van der Waals surface area contributed by atoms with Gasteiger partial charge < -0.3 is 10.2 Å². The Morgan fingerprint density at radius 3 is 2.81 bits per heavy atom. The summed E-state index contributed by atoms with van der Waals surface area (Å²) < 4.78 is 1.57. The molecule has 8 heteroatoms. The number of benzene rings is 1. The first kappa shape index (κ1) is 13.7. The first-order valence-corrected chi connectivity index (χ1v) is 6.63. The van der Waals surface area contributed by atoms with Crippen LogP contribution in [0.25, 0.3) is 5.69 Å². The fourth-order valence-electron chi connectivity index (χ4n) is 2.57. The quantitative estimate of drug-likeness (QED) is 0.795. The van der Waals surface area contributed by atoms with Crippen molar-refractivity contribution in [2.45, 2.75) is 25.1 Å². The number of nitrogens with zero attached hydrogens (tertiary/aromatic N) is 5. The van der Waals surface area contributed by atoms with Gasteiger partial charge in [0.25, 0.3) is 0 Å². The number of aliphatic hydroxyl groups is 1. The Morgan fingerprint density at radius 1 is 1.33 bits per heavy atom. The van der Waals surface area contributed by atoms with Crippen LogP contribution in [0.5, 0.6) is 0 Å². The van der Waals surface area contributed by atoms with Crippen molar-refractivity contribution in [3.8, 4) is 5.69 Å². The number of aromatic nitrogens is 4. The van der Waals surface area contributed by atoms with E-state index in [-0.39, 0.29) is 13.0 Å². The van der Waals surface area contributed by atoms with Crippen molar-refractivity contribution in [1.29, 1.82) is 0 Å². The van der Waals surface area contributed by atoms with Gasteiger partial charge in [-0.25, -0.2) is 0 Å². The number of rotatable bonds is 4. The molecule has 0 saturated carbocycles. The molecule has 0 spiro atoms. The Morgan fingerprint density at radius 2 is 2.10 bits per heavy atom. The predicted molar refractivity (Wildman–Crippen MR) is 71.6 cm³/mol. The molecule has 21 heavy (non-hydrogen) atoms. The van der Waals surface area contributed by atoms with Gasteiger partial charge in [-0.05, 0) is 22.6 Å². The maximum Gasteiger partial charge on any atom is 0.321 e. The van der Waals surface area contributed by atoms with Crippen molar-refractivity contribution in [2.75, 3.05) is 6.54 Å². The summed E-state index contributed by atoms with van der Waals surface area (Å²) in [6, 6.07) is 8.67. The number of hydrogen-bond donors (Lipinski definition) is 2. The minimum Gasteiger partial charge on any atom is -0.480 e. The molecule has 110 valence electrons. The van der Waals surface area contributed by atoms with Crippen molar-refractivity contribution in [2.24, 2.45) is 0 Å². The summed E-state index contributed by atoms with van der Waals surface area (Å²) in [4.78, 5) is 12.9. The van der Waals surface area contributed by atoms with Crippen molar-refractivity contribution < 1.29 is 15.0 Å². The van der Waals surface area contributed by atoms with Gasteiger partial charge in [-0.15, -0.1) is 5.10 Å². The molecular weight excluding hydrogens is 274 g/mol. The van der Waals surface area contributed by atoms with Crippen LogP contribution in [0.15, 0.2) is 30.3 Å². The van der Waals surface area contributed by atoms with Gasteiger partial charge in [0, 0.05) is 13.0 Å². The highest BCUT2D eigenvalue weighted by Gasteiger charge is 2.36. The number of tetrazole rings is 1. The summed E-state index contributed by atoms with van der Waals surface area (Å²) in [6.07, 6.45) is -0.408. The minimum atomic E-state index is -0.940. The van der Waals surface area contributed by atoms with Crippen molar-refractivity contribution in [3.63, 3.8) is 0 Å². The predicted octanol–water partition coefficient (Wildman–Crippen LogP) is -0.318. The van der Waals surface area contributed by atoms with Crippen LogP contribution in [0, 0.1) is 0 Å². The molecule has 3 rings (SSSR count). The van der Waals surface area contributed by atoms with Crippen molar-refractivity contribution in [1.82, 2.24) is 25.1 Å². The van der Waals surface area contributed by atoms with Gasteiger partial charge in [0.15, 0.2) is 5.82 Å². The number of β-amino-alcohol motifs (C(OH)–C–C–N with tert-alkyl or cyclic N) is 1. The average molecular weight is 289 g/mol. The standard InChI is InChI=1S/C13H15N5O3/c19-10-6-11(13(20)21)17(7-10)8-12-14-15-16-18(12)9-4-2-1-3-5-9/h1-5,10-11,19H,6-8H2,(H,20,21). The van der Waals surface area contributed by atoms with Crippen LogP contribution in [0.1, 0.15) is 12.2 Å². The maximum atomic E-state index is 11.2. The van der Waals surface area contributed by atoms with Crippen molar-refractivity contribution >= 4 is 5.97 Å². The van der Waals surface area contributed by atoms with Gasteiger partial charge in [0.05, 0.1) is 18.3 Å². The largest absolute Gasteiger partial charge is 0.480 e. The zero-order valence-corrected chi connectivity index (χ0v) is 11.2. The van der Waals surface area contributed by atoms with Gasteiger partial charge in [0.1, 0.15) is 6.04 Å². The molecule has 0 bridgehead atoms. The van der Waals surface area contributed by atoms with E-state index in [0.717, 1.165) is 5.69 Å². The topological polar surface area (TPSA) is 104 Å². The van der Waals surface area contributed by atoms with Gasteiger partial charge in [-0.2, -0.15) is 4.68 Å². The number of carboxylic acids is 1. The van der Waals surface area contributed by atoms with E-state index >= 15 is 0 Å². The second kappa shape index (κ2) is 5.58. The van der Waals surface area contributed by atoms with Crippen LogP contribution >= 0.6 is 0 Å². The Kier molecular flexibility index (Phi) is 3.63. The highest BCUT2D eigenvalue weighted by atomic mass is 16.4. The summed E-state index contributed by atoms with van der Waals surface area (Å²) in [5.41, 5.74) is 0.809. The lowest BCUT2D eigenvalue weighted by molar-refractivity contribution is -0.142. The molecule has 2 atom stereocenters. The van der Waals surface area contributed by atoms with Gasteiger partial charge in [0.2, 0.25) is 0 Å². The first-order valence-electron chi connectivity index (χ1n) is 6.63. The molecule has 2 unspecified atom stereocenters. The molecule has 1 saturated heterocycles. The number of carbonyl (C=O) groups is 1. The number of aliphatic carboxylic acids is 1. The second-order valence-electron chi connectivity index (χ2n) is 5.02. The van der Waals surface area contributed by atoms with E-state index in [1.165, 1.54) is 0 Å². The molecule has 1 aromatic heterocycles. The lowest BCUT2D eigenvalue weighted by atomic mass is 10.2. The molecule has 0 aliphatic carbocycles. The zero-order valence-electron chi connectivity index (χ0n) is 11.2. The monoisotopic (exact) mass is 289 g/mol. The lowest BCUT2D eigenvalue weighted by Crippen LogP contribution is -2.36. The van der Waals surface area contributed by atoms with Crippen molar-refractivity contribution in [3.05, 3.63) is 36.2 Å². The minimum absolute atomic E-state index is 0.224. The fraction of sp³-hybridized carbons (Fsp3) is 0.385. The average Bonchev–Trinajstić information content (AvgIpc) is 3.07. The first-order chi connectivity index (χ1) is 10.1. The van der Waals surface area contributed by atoms with E-state index in [1.807, 2.05) is 30.3 Å². The Hall–Kier alpha value is -2.32. The van der Waals surface area contributed by atoms with Crippen LogP contribution in [-0.4, -0.2) is 60.0 Å². The normalized spacial score (nSPS) is 22.5. The number of likely N-dealkylation sites (tertiary alicyclic amines) is 1. The third-order valence-electron chi connectivity index (χ3n) is 3.55. The molecule has 1 aliphatic heterocycles. The number of para-hydroxylation sites is 1. The fourth-order valence-corrected chi connectivity index (χ4v) is 2.57. The second-order valence-corrected chi connectivity index (χ2v) is 5.02. The van der Waals surface area contributed by atoms with E-state index in [2.05, 4.69) is 15.5 Å². The number of aliphatic hydroxyl groups excluding tert-OH is 1. The molecule has 2 N–H and O–H groups in total. The Labute approximate surface area is 120 Å². The highest BCUT2D eigenvalue weighted by Crippen LogP contribution is 2.20. The zero-order chi connectivity index (χ0) is 14.8. The number of carboxylic acid groups (broad SMARTS) is 1. The van der Waals surface area contributed by atoms with Crippen LogP contribution in [-0.2, 0) is 11.3 Å². The molecular formula is C13H15N5O3. The summed E-state index contributed by atoms with van der Waals surface area (Å²) in [5, 5.41) is 30.4. The lowest BCUT2D eigenvalue weighted by Gasteiger charge is -2.19. The molecule has 0 amide bonds. The molecule has 1 aliphatic rings. The Bertz CT molecular complexity index is 630. The summed E-state index contributed by atoms with van der Waals surface area (Å²) in [5.74, 6) is -0.396. The van der Waals surface area contributed by atoms with Gasteiger partial charge in [-0.1, -0.05) is 18.2 Å².